The zero-order valence-electron chi connectivity index (χ0n) is 9.89. The lowest BCUT2D eigenvalue weighted by molar-refractivity contribution is 0.149. The summed E-state index contributed by atoms with van der Waals surface area (Å²) in [5.41, 5.74) is 5.80. The van der Waals surface area contributed by atoms with E-state index in [-0.39, 0.29) is 0 Å². The normalized spacial score (nSPS) is 22.4. The fourth-order valence-electron chi connectivity index (χ4n) is 2.50. The van der Waals surface area contributed by atoms with Crippen LogP contribution in [-0.2, 0) is 6.54 Å². The average Bonchev–Trinajstić information content (AvgIpc) is 2.83. The SMILES string of the molecule is NCC1CCCCN1CCCn1ccnc1. The summed E-state index contributed by atoms with van der Waals surface area (Å²) in [6, 6.07) is 0.622. The van der Waals surface area contributed by atoms with Crippen molar-refractivity contribution < 1.29 is 0 Å². The molecule has 0 aromatic carbocycles. The molecule has 2 rings (SSSR count). The zero-order chi connectivity index (χ0) is 11.2. The topological polar surface area (TPSA) is 47.1 Å². The molecule has 1 aromatic rings. The molecule has 0 saturated carbocycles. The van der Waals surface area contributed by atoms with E-state index >= 15 is 0 Å². The number of nitrogens with two attached hydrogens (primary N) is 1. The van der Waals surface area contributed by atoms with Crippen LogP contribution in [0.5, 0.6) is 0 Å². The first-order chi connectivity index (χ1) is 7.90. The second-order valence-electron chi connectivity index (χ2n) is 4.58. The number of aryl methyl sites for hydroxylation is 1. The van der Waals surface area contributed by atoms with Crippen molar-refractivity contribution in [2.75, 3.05) is 19.6 Å². The van der Waals surface area contributed by atoms with Gasteiger partial charge in [-0.05, 0) is 25.8 Å². The van der Waals surface area contributed by atoms with Gasteiger partial charge in [0.2, 0.25) is 0 Å². The molecule has 1 aromatic heterocycles. The first kappa shape index (κ1) is 11.6. The number of aromatic nitrogens is 2. The fraction of sp³-hybridized carbons (Fsp3) is 0.750. The summed E-state index contributed by atoms with van der Waals surface area (Å²) < 4.78 is 2.14. The van der Waals surface area contributed by atoms with Gasteiger partial charge in [0.25, 0.3) is 0 Å². The van der Waals surface area contributed by atoms with Crippen LogP contribution in [0.1, 0.15) is 25.7 Å². The Kier molecular flexibility index (Phi) is 4.36. The second-order valence-corrected chi connectivity index (χ2v) is 4.58. The van der Waals surface area contributed by atoms with Gasteiger partial charge in [-0.3, -0.25) is 4.90 Å². The smallest absolute Gasteiger partial charge is 0.0945 e. The van der Waals surface area contributed by atoms with Crippen LogP contribution in [0.3, 0.4) is 0 Å². The molecule has 1 fully saturated rings. The number of imidazole rings is 1. The summed E-state index contributed by atoms with van der Waals surface area (Å²) >= 11 is 0. The Labute approximate surface area is 97.4 Å². The molecule has 90 valence electrons. The highest BCUT2D eigenvalue weighted by atomic mass is 15.2. The molecule has 0 aliphatic carbocycles. The largest absolute Gasteiger partial charge is 0.337 e. The Morgan fingerprint density at radius 3 is 3.00 bits per heavy atom. The van der Waals surface area contributed by atoms with Crippen LogP contribution >= 0.6 is 0 Å². The van der Waals surface area contributed by atoms with Gasteiger partial charge in [0.15, 0.2) is 0 Å². The monoisotopic (exact) mass is 222 g/mol. The second kappa shape index (κ2) is 6.01. The molecule has 1 saturated heterocycles. The van der Waals surface area contributed by atoms with Crippen LogP contribution in [0.4, 0.5) is 0 Å². The predicted octanol–water partition coefficient (Wildman–Crippen LogP) is 1.09. The van der Waals surface area contributed by atoms with Gasteiger partial charge in [-0.25, -0.2) is 4.98 Å². The molecule has 2 N–H and O–H groups in total. The summed E-state index contributed by atoms with van der Waals surface area (Å²) in [5.74, 6) is 0. The van der Waals surface area contributed by atoms with Crippen LogP contribution in [0.15, 0.2) is 18.7 Å². The summed E-state index contributed by atoms with van der Waals surface area (Å²) in [7, 11) is 0. The molecule has 0 spiro atoms. The number of piperidine rings is 1. The highest BCUT2D eigenvalue weighted by Gasteiger charge is 2.19. The quantitative estimate of drug-likeness (QED) is 0.811. The van der Waals surface area contributed by atoms with Crippen molar-refractivity contribution in [3.05, 3.63) is 18.7 Å². The van der Waals surface area contributed by atoms with Crippen molar-refractivity contribution in [3.8, 4) is 0 Å². The molecule has 0 amide bonds. The molecule has 1 aliphatic rings. The van der Waals surface area contributed by atoms with Gasteiger partial charge in [-0.2, -0.15) is 0 Å². The molecule has 1 unspecified atom stereocenters. The standard InChI is InChI=1S/C12H22N4/c13-10-12-4-1-2-7-16(12)8-3-6-15-9-5-14-11-15/h5,9,11-12H,1-4,6-8,10,13H2. The third-order valence-electron chi connectivity index (χ3n) is 3.44. The number of hydrogen-bond donors (Lipinski definition) is 1. The van der Waals surface area contributed by atoms with Crippen molar-refractivity contribution >= 4 is 0 Å². The van der Waals surface area contributed by atoms with E-state index in [1.807, 2.05) is 18.7 Å². The number of likely N-dealkylation sites (tertiary alicyclic amines) is 1. The van der Waals surface area contributed by atoms with Gasteiger partial charge in [-0.1, -0.05) is 6.42 Å². The maximum absolute atomic E-state index is 5.80. The maximum Gasteiger partial charge on any atom is 0.0945 e. The van der Waals surface area contributed by atoms with Crippen LogP contribution in [-0.4, -0.2) is 40.1 Å². The highest BCUT2D eigenvalue weighted by molar-refractivity contribution is 4.78. The van der Waals surface area contributed by atoms with E-state index in [4.69, 9.17) is 5.73 Å². The Morgan fingerprint density at radius 2 is 2.25 bits per heavy atom. The van der Waals surface area contributed by atoms with Crippen LogP contribution in [0.25, 0.3) is 0 Å². The van der Waals surface area contributed by atoms with Gasteiger partial charge in [0.1, 0.15) is 0 Å². The highest BCUT2D eigenvalue weighted by Crippen LogP contribution is 2.16. The van der Waals surface area contributed by atoms with Gasteiger partial charge in [0, 0.05) is 38.1 Å². The van der Waals surface area contributed by atoms with Gasteiger partial charge in [0.05, 0.1) is 6.33 Å². The molecule has 0 bridgehead atoms. The van der Waals surface area contributed by atoms with E-state index in [0.29, 0.717) is 6.04 Å². The number of hydrogen-bond acceptors (Lipinski definition) is 3. The third kappa shape index (κ3) is 3.06. The molecule has 1 aliphatic heterocycles. The Bertz CT molecular complexity index is 283. The third-order valence-corrected chi connectivity index (χ3v) is 3.44. The van der Waals surface area contributed by atoms with Crippen molar-refractivity contribution in [2.24, 2.45) is 5.73 Å². The Morgan fingerprint density at radius 1 is 1.31 bits per heavy atom. The molecular weight excluding hydrogens is 200 g/mol. The lowest BCUT2D eigenvalue weighted by Crippen LogP contribution is -2.44. The van der Waals surface area contributed by atoms with E-state index < -0.39 is 0 Å². The average molecular weight is 222 g/mol. The summed E-state index contributed by atoms with van der Waals surface area (Å²) in [5, 5.41) is 0. The van der Waals surface area contributed by atoms with E-state index in [1.165, 1.54) is 38.8 Å². The Balaban J connectivity index is 1.71. The fourth-order valence-corrected chi connectivity index (χ4v) is 2.50. The minimum absolute atomic E-state index is 0.622. The summed E-state index contributed by atoms with van der Waals surface area (Å²) in [6.07, 6.45) is 10.9. The summed E-state index contributed by atoms with van der Waals surface area (Å²) in [6.45, 7) is 4.27. The predicted molar refractivity (Wildman–Crippen MR) is 65.1 cm³/mol. The molecule has 1 atom stereocenters. The molecule has 0 radical (unpaired) electrons. The number of rotatable bonds is 5. The minimum Gasteiger partial charge on any atom is -0.337 e. The maximum atomic E-state index is 5.80. The lowest BCUT2D eigenvalue weighted by atomic mass is 10.0. The zero-order valence-corrected chi connectivity index (χ0v) is 9.89. The van der Waals surface area contributed by atoms with Crippen molar-refractivity contribution in [3.63, 3.8) is 0 Å². The molecule has 4 nitrogen and oxygen atoms in total. The Hall–Kier alpha value is -0.870. The minimum atomic E-state index is 0.622. The van der Waals surface area contributed by atoms with Crippen LogP contribution in [0.2, 0.25) is 0 Å². The van der Waals surface area contributed by atoms with Gasteiger partial charge >= 0.3 is 0 Å². The van der Waals surface area contributed by atoms with Crippen molar-refractivity contribution in [2.45, 2.75) is 38.3 Å². The lowest BCUT2D eigenvalue weighted by Gasteiger charge is -2.34. The molecule has 2 heterocycles. The van der Waals surface area contributed by atoms with Crippen LogP contribution < -0.4 is 5.73 Å². The molecule has 4 heteroatoms. The number of nitrogens with zero attached hydrogens (tertiary/aromatic N) is 3. The molecule has 16 heavy (non-hydrogen) atoms. The molecular formula is C12H22N4. The van der Waals surface area contributed by atoms with E-state index in [9.17, 15) is 0 Å². The van der Waals surface area contributed by atoms with Gasteiger partial charge < -0.3 is 10.3 Å². The van der Waals surface area contributed by atoms with Crippen LogP contribution in [0, 0.1) is 0 Å². The van der Waals surface area contributed by atoms with Crippen molar-refractivity contribution in [1.29, 1.82) is 0 Å². The summed E-state index contributed by atoms with van der Waals surface area (Å²) in [4.78, 5) is 6.60. The van der Waals surface area contributed by atoms with E-state index in [1.54, 1.807) is 0 Å². The van der Waals surface area contributed by atoms with Gasteiger partial charge in [-0.15, -0.1) is 0 Å². The first-order valence-electron chi connectivity index (χ1n) is 6.30. The first-order valence-corrected chi connectivity index (χ1v) is 6.30. The van der Waals surface area contributed by atoms with Crippen molar-refractivity contribution in [1.82, 2.24) is 14.5 Å². The van der Waals surface area contributed by atoms with E-state index in [0.717, 1.165) is 13.1 Å². The van der Waals surface area contributed by atoms with E-state index in [2.05, 4.69) is 14.5 Å².